The molecule has 52 heavy (non-hydrogen) atoms. The van der Waals surface area contributed by atoms with E-state index in [1.165, 1.54) is 18.4 Å². The standard InChI is InChI=1S/C45H67NO6/c1-28(2)30-17-22-45(25-36(48)46-32(27-47)29-13-11-10-12-14-29)24-23-43(8)31(38(30)45)15-16-34-42(7)20-19-35(52-37(49)26-40(3,4)39(50)51)41(5,6)33(42)18-21-44(34,43)9/h10-14,30-35,38,47H,1,15-27H2,2-9H3,(H,46,48)(H,50,51)/t30-,31+,32+,33-,34+,35-,38+,42-,43+,44+,45+/m0/s1. The maximum Gasteiger partial charge on any atom is 0.309 e. The fourth-order valence-corrected chi connectivity index (χ4v) is 13.9. The molecule has 6 rings (SSSR count). The molecule has 5 saturated carbocycles. The molecule has 0 aliphatic heterocycles. The lowest BCUT2D eigenvalue weighted by molar-refractivity contribution is -0.250. The summed E-state index contributed by atoms with van der Waals surface area (Å²) in [5.74, 6) is 0.984. The van der Waals surface area contributed by atoms with Crippen molar-refractivity contribution in [1.82, 2.24) is 5.32 Å². The monoisotopic (exact) mass is 717 g/mol. The Balaban J connectivity index is 1.24. The van der Waals surface area contributed by atoms with Crippen molar-refractivity contribution in [3.05, 3.63) is 48.0 Å². The van der Waals surface area contributed by atoms with Crippen LogP contribution in [0.1, 0.15) is 144 Å². The number of esters is 1. The number of fused-ring (bicyclic) bond motifs is 7. The summed E-state index contributed by atoms with van der Waals surface area (Å²) in [6.07, 6.45) is 10.9. The van der Waals surface area contributed by atoms with Gasteiger partial charge < -0.3 is 20.3 Å². The lowest BCUT2D eigenvalue weighted by Crippen LogP contribution is -2.67. The van der Waals surface area contributed by atoms with Crippen LogP contribution in [-0.2, 0) is 19.1 Å². The van der Waals surface area contributed by atoms with E-state index >= 15 is 0 Å². The third kappa shape index (κ3) is 6.17. The first-order valence-electron chi connectivity index (χ1n) is 20.3. The Morgan fingerprint density at radius 1 is 0.904 bits per heavy atom. The maximum atomic E-state index is 13.9. The Morgan fingerprint density at radius 3 is 2.23 bits per heavy atom. The summed E-state index contributed by atoms with van der Waals surface area (Å²) in [7, 11) is 0. The molecule has 0 unspecified atom stereocenters. The second-order valence-corrected chi connectivity index (χ2v) is 20.1. The van der Waals surface area contributed by atoms with Gasteiger partial charge in [0.2, 0.25) is 5.91 Å². The summed E-state index contributed by atoms with van der Waals surface area (Å²) in [4.78, 5) is 38.8. The van der Waals surface area contributed by atoms with Crippen molar-refractivity contribution in [2.45, 2.75) is 145 Å². The van der Waals surface area contributed by atoms with Gasteiger partial charge in [0.25, 0.3) is 0 Å². The lowest BCUT2D eigenvalue weighted by atomic mass is 9.32. The molecule has 0 saturated heterocycles. The average molecular weight is 718 g/mol. The number of aliphatic carboxylic acids is 1. The van der Waals surface area contributed by atoms with Crippen molar-refractivity contribution >= 4 is 17.8 Å². The number of amides is 1. The number of carbonyl (C=O) groups is 3. The van der Waals surface area contributed by atoms with E-state index in [0.29, 0.717) is 36.0 Å². The number of nitrogens with one attached hydrogen (secondary N) is 1. The van der Waals surface area contributed by atoms with E-state index in [0.717, 1.165) is 56.9 Å². The van der Waals surface area contributed by atoms with Crippen molar-refractivity contribution in [2.75, 3.05) is 6.61 Å². The minimum Gasteiger partial charge on any atom is -0.481 e. The van der Waals surface area contributed by atoms with E-state index in [9.17, 15) is 24.6 Å². The molecular formula is C45H67NO6. The van der Waals surface area contributed by atoms with Crippen LogP contribution in [0.2, 0.25) is 0 Å². The number of benzene rings is 1. The Kier molecular flexibility index (Phi) is 10.2. The summed E-state index contributed by atoms with van der Waals surface area (Å²) < 4.78 is 6.18. The number of carbonyl (C=O) groups excluding carboxylic acids is 2. The summed E-state index contributed by atoms with van der Waals surface area (Å²) in [6.45, 7) is 22.2. The van der Waals surface area contributed by atoms with Crippen molar-refractivity contribution in [3.8, 4) is 0 Å². The van der Waals surface area contributed by atoms with Gasteiger partial charge in [-0.3, -0.25) is 14.4 Å². The number of ether oxygens (including phenoxy) is 1. The number of allylic oxidation sites excluding steroid dienone is 1. The van der Waals surface area contributed by atoms with Crippen LogP contribution in [0.15, 0.2) is 42.5 Å². The third-order valence-electron chi connectivity index (χ3n) is 16.8. The molecule has 0 heterocycles. The molecule has 11 atom stereocenters. The summed E-state index contributed by atoms with van der Waals surface area (Å²) in [5.41, 5.74) is 1.17. The highest BCUT2D eigenvalue weighted by Crippen LogP contribution is 2.78. The first kappa shape index (κ1) is 39.0. The van der Waals surface area contributed by atoms with Gasteiger partial charge in [0.05, 0.1) is 24.5 Å². The number of aliphatic hydroxyl groups is 1. The van der Waals surface area contributed by atoms with Gasteiger partial charge in [-0.15, -0.1) is 0 Å². The zero-order chi connectivity index (χ0) is 38.1. The van der Waals surface area contributed by atoms with Gasteiger partial charge in [-0.25, -0.2) is 0 Å². The molecule has 1 aromatic carbocycles. The second-order valence-electron chi connectivity index (χ2n) is 20.1. The van der Waals surface area contributed by atoms with Gasteiger partial charge in [0.1, 0.15) is 6.10 Å². The van der Waals surface area contributed by atoms with E-state index in [2.05, 4.69) is 53.4 Å². The summed E-state index contributed by atoms with van der Waals surface area (Å²) in [5, 5.41) is 23.1. The van der Waals surface area contributed by atoms with Gasteiger partial charge >= 0.3 is 11.9 Å². The molecule has 7 heteroatoms. The molecule has 0 bridgehead atoms. The predicted octanol–water partition coefficient (Wildman–Crippen LogP) is 9.30. The van der Waals surface area contributed by atoms with Crippen LogP contribution in [0.3, 0.4) is 0 Å². The highest BCUT2D eigenvalue weighted by Gasteiger charge is 2.71. The third-order valence-corrected chi connectivity index (χ3v) is 16.8. The normalized spacial score (nSPS) is 39.9. The van der Waals surface area contributed by atoms with E-state index < -0.39 is 23.4 Å². The van der Waals surface area contributed by atoms with Crippen molar-refractivity contribution in [1.29, 1.82) is 0 Å². The minimum absolute atomic E-state index is 0.0537. The number of carboxylic acids is 1. The number of carboxylic acid groups (broad SMARTS) is 1. The van der Waals surface area contributed by atoms with Gasteiger partial charge in [0, 0.05) is 11.8 Å². The zero-order valence-corrected chi connectivity index (χ0v) is 33.4. The summed E-state index contributed by atoms with van der Waals surface area (Å²) >= 11 is 0. The van der Waals surface area contributed by atoms with E-state index in [-0.39, 0.29) is 52.1 Å². The molecule has 0 radical (unpaired) electrons. The lowest BCUT2D eigenvalue weighted by Gasteiger charge is -2.73. The van der Waals surface area contributed by atoms with Gasteiger partial charge in [-0.1, -0.05) is 77.1 Å². The molecule has 0 spiro atoms. The Labute approximate surface area is 313 Å². The molecule has 5 aliphatic rings. The molecule has 7 nitrogen and oxygen atoms in total. The van der Waals surface area contributed by atoms with E-state index in [1.54, 1.807) is 13.8 Å². The highest BCUT2D eigenvalue weighted by atomic mass is 16.5. The van der Waals surface area contributed by atoms with Crippen LogP contribution in [0, 0.1) is 62.1 Å². The SMILES string of the molecule is C=C(C)[C@@H]1CC[C@]2(CC(=O)N[C@H](CO)c3ccccc3)CC[C@]3(C)[C@H](CC[C@@H]4[C@@]5(C)CC[C@H](OC(=O)CC(C)(C)C(=O)O)C(C)(C)[C@@H]5CC[C@]43C)[C@@H]12. The van der Waals surface area contributed by atoms with Crippen molar-refractivity contribution < 1.29 is 29.3 Å². The Bertz CT molecular complexity index is 1550. The van der Waals surface area contributed by atoms with Gasteiger partial charge in [-0.2, -0.15) is 0 Å². The predicted molar refractivity (Wildman–Crippen MR) is 204 cm³/mol. The minimum atomic E-state index is -1.15. The van der Waals surface area contributed by atoms with Crippen LogP contribution in [-0.4, -0.2) is 40.8 Å². The van der Waals surface area contributed by atoms with E-state index in [1.807, 2.05) is 30.3 Å². The number of rotatable bonds is 10. The van der Waals surface area contributed by atoms with Gasteiger partial charge in [-0.05, 0) is 142 Å². The zero-order valence-electron chi connectivity index (χ0n) is 33.4. The number of aliphatic hydroxyl groups excluding tert-OH is 1. The molecule has 5 fully saturated rings. The topological polar surface area (TPSA) is 113 Å². The first-order valence-corrected chi connectivity index (χ1v) is 20.3. The quantitative estimate of drug-likeness (QED) is 0.164. The number of hydrogen-bond acceptors (Lipinski definition) is 5. The molecule has 3 N–H and O–H groups in total. The Hall–Kier alpha value is -2.67. The smallest absolute Gasteiger partial charge is 0.309 e. The van der Waals surface area contributed by atoms with Crippen LogP contribution in [0.5, 0.6) is 0 Å². The van der Waals surface area contributed by atoms with Crippen molar-refractivity contribution in [3.63, 3.8) is 0 Å². The van der Waals surface area contributed by atoms with Gasteiger partial charge in [0.15, 0.2) is 0 Å². The molecule has 1 aromatic rings. The molecule has 1 amide bonds. The number of hydrogen-bond donors (Lipinski definition) is 3. The maximum absolute atomic E-state index is 13.9. The van der Waals surface area contributed by atoms with Crippen LogP contribution in [0.4, 0.5) is 0 Å². The average Bonchev–Trinajstić information content (AvgIpc) is 3.45. The molecule has 5 aliphatic carbocycles. The second kappa shape index (κ2) is 13.6. The van der Waals surface area contributed by atoms with Crippen molar-refractivity contribution in [2.24, 2.45) is 62.1 Å². The van der Waals surface area contributed by atoms with Crippen LogP contribution >= 0.6 is 0 Å². The summed E-state index contributed by atoms with van der Waals surface area (Å²) in [6, 6.07) is 9.40. The highest BCUT2D eigenvalue weighted by molar-refractivity contribution is 5.81. The molecule has 288 valence electrons. The molecule has 0 aromatic heterocycles. The van der Waals surface area contributed by atoms with E-state index in [4.69, 9.17) is 4.74 Å². The largest absolute Gasteiger partial charge is 0.481 e. The fraction of sp³-hybridized carbons (Fsp3) is 0.756. The Morgan fingerprint density at radius 2 is 1.60 bits per heavy atom. The van der Waals surface area contributed by atoms with Crippen LogP contribution in [0.25, 0.3) is 0 Å². The van der Waals surface area contributed by atoms with Crippen LogP contribution < -0.4 is 5.32 Å². The first-order chi connectivity index (χ1) is 24.3. The fourth-order valence-electron chi connectivity index (χ4n) is 13.9. The molecular weight excluding hydrogens is 650 g/mol.